The second-order valence-corrected chi connectivity index (χ2v) is 6.95. The van der Waals surface area contributed by atoms with Crippen molar-refractivity contribution in [3.63, 3.8) is 0 Å². The Kier molecular flexibility index (Phi) is 5.14. The van der Waals surface area contributed by atoms with Crippen molar-refractivity contribution in [3.8, 4) is 0 Å². The van der Waals surface area contributed by atoms with Crippen molar-refractivity contribution < 1.29 is 0 Å². The second kappa shape index (κ2) is 6.48. The third kappa shape index (κ3) is 3.20. The van der Waals surface area contributed by atoms with Gasteiger partial charge in [-0.15, -0.1) is 0 Å². The SMILES string of the molecule is CCCC1CCC(CN)(Cc2c(C)nn(C)c2Cl)CC1. The lowest BCUT2D eigenvalue weighted by Crippen LogP contribution is -2.37. The lowest BCUT2D eigenvalue weighted by Gasteiger charge is -2.39. The van der Waals surface area contributed by atoms with Gasteiger partial charge in [-0.25, -0.2) is 0 Å². The second-order valence-electron chi connectivity index (χ2n) is 6.59. The quantitative estimate of drug-likeness (QED) is 0.897. The topological polar surface area (TPSA) is 43.8 Å². The number of hydrogen-bond acceptors (Lipinski definition) is 2. The number of aromatic nitrogens is 2. The van der Waals surface area contributed by atoms with Crippen molar-refractivity contribution in [1.29, 1.82) is 0 Å². The number of rotatable bonds is 5. The van der Waals surface area contributed by atoms with Crippen molar-refractivity contribution in [2.75, 3.05) is 6.54 Å². The highest BCUT2D eigenvalue weighted by Crippen LogP contribution is 2.43. The third-order valence-electron chi connectivity index (χ3n) is 5.12. The largest absolute Gasteiger partial charge is 0.330 e. The maximum Gasteiger partial charge on any atom is 0.130 e. The van der Waals surface area contributed by atoms with Gasteiger partial charge < -0.3 is 5.73 Å². The Morgan fingerprint density at radius 1 is 1.40 bits per heavy atom. The fourth-order valence-corrected chi connectivity index (χ4v) is 3.93. The van der Waals surface area contributed by atoms with Gasteiger partial charge in [-0.2, -0.15) is 5.10 Å². The number of halogens is 1. The monoisotopic (exact) mass is 297 g/mol. The molecule has 3 nitrogen and oxygen atoms in total. The summed E-state index contributed by atoms with van der Waals surface area (Å²) in [5.41, 5.74) is 8.64. The summed E-state index contributed by atoms with van der Waals surface area (Å²) in [5, 5.41) is 5.21. The highest BCUT2D eigenvalue weighted by Gasteiger charge is 2.35. The Morgan fingerprint density at radius 3 is 2.50 bits per heavy atom. The molecule has 0 radical (unpaired) electrons. The summed E-state index contributed by atoms with van der Waals surface area (Å²) < 4.78 is 1.78. The first-order chi connectivity index (χ1) is 9.51. The van der Waals surface area contributed by atoms with E-state index in [1.807, 2.05) is 14.0 Å². The minimum atomic E-state index is 0.238. The fourth-order valence-electron chi connectivity index (χ4n) is 3.69. The average molecular weight is 298 g/mol. The number of nitrogens with two attached hydrogens (primary N) is 1. The molecule has 1 saturated carbocycles. The van der Waals surface area contributed by atoms with Crippen LogP contribution >= 0.6 is 11.6 Å². The molecule has 114 valence electrons. The van der Waals surface area contributed by atoms with E-state index in [0.29, 0.717) is 0 Å². The van der Waals surface area contributed by atoms with Gasteiger partial charge in [0.1, 0.15) is 5.15 Å². The van der Waals surface area contributed by atoms with Gasteiger partial charge in [0.15, 0.2) is 0 Å². The van der Waals surface area contributed by atoms with E-state index in [2.05, 4.69) is 12.0 Å². The molecule has 0 aromatic carbocycles. The Bertz CT molecular complexity index is 445. The summed E-state index contributed by atoms with van der Waals surface area (Å²) in [6.45, 7) is 5.09. The van der Waals surface area contributed by atoms with Gasteiger partial charge >= 0.3 is 0 Å². The van der Waals surface area contributed by atoms with Crippen LogP contribution in [0.25, 0.3) is 0 Å². The van der Waals surface area contributed by atoms with Gasteiger partial charge in [0, 0.05) is 12.6 Å². The van der Waals surface area contributed by atoms with Crippen LogP contribution in [0.2, 0.25) is 5.15 Å². The van der Waals surface area contributed by atoms with Gasteiger partial charge in [0.05, 0.1) is 5.69 Å². The lowest BCUT2D eigenvalue weighted by molar-refractivity contribution is 0.150. The van der Waals surface area contributed by atoms with Gasteiger partial charge in [-0.05, 0) is 56.9 Å². The molecule has 0 amide bonds. The predicted octanol–water partition coefficient (Wildman–Crippen LogP) is 3.86. The molecule has 1 heterocycles. The Labute approximate surface area is 127 Å². The van der Waals surface area contributed by atoms with E-state index < -0.39 is 0 Å². The molecule has 1 aromatic rings. The summed E-state index contributed by atoms with van der Waals surface area (Å²) >= 11 is 6.39. The summed E-state index contributed by atoms with van der Waals surface area (Å²) in [6.07, 6.45) is 8.77. The number of aryl methyl sites for hydroxylation is 2. The molecule has 2 N–H and O–H groups in total. The van der Waals surface area contributed by atoms with Crippen molar-refractivity contribution in [2.24, 2.45) is 24.1 Å². The van der Waals surface area contributed by atoms with Crippen molar-refractivity contribution in [1.82, 2.24) is 9.78 Å². The molecule has 20 heavy (non-hydrogen) atoms. The minimum absolute atomic E-state index is 0.238. The van der Waals surface area contributed by atoms with Crippen LogP contribution < -0.4 is 5.73 Å². The molecule has 1 aliphatic carbocycles. The predicted molar refractivity (Wildman–Crippen MR) is 85.0 cm³/mol. The third-order valence-corrected chi connectivity index (χ3v) is 5.59. The maximum absolute atomic E-state index is 6.39. The summed E-state index contributed by atoms with van der Waals surface area (Å²) in [5.74, 6) is 0.908. The van der Waals surface area contributed by atoms with Crippen LogP contribution in [0.1, 0.15) is 56.7 Å². The highest BCUT2D eigenvalue weighted by molar-refractivity contribution is 6.30. The van der Waals surface area contributed by atoms with Crippen molar-refractivity contribution in [3.05, 3.63) is 16.4 Å². The molecule has 4 heteroatoms. The molecule has 1 fully saturated rings. The molecular formula is C16H28ClN3. The Hall–Kier alpha value is -0.540. The molecule has 0 unspecified atom stereocenters. The van der Waals surface area contributed by atoms with Crippen LogP contribution in [0.3, 0.4) is 0 Å². The average Bonchev–Trinajstić information content (AvgIpc) is 2.68. The van der Waals surface area contributed by atoms with Crippen LogP contribution in [-0.4, -0.2) is 16.3 Å². The standard InChI is InChI=1S/C16H28ClN3/c1-4-5-13-6-8-16(11-18,9-7-13)10-14-12(2)19-20(3)15(14)17/h13H,4-11,18H2,1-3H3. The van der Waals surface area contributed by atoms with Gasteiger partial charge in [0.25, 0.3) is 0 Å². The smallest absolute Gasteiger partial charge is 0.130 e. The number of hydrogen-bond donors (Lipinski definition) is 1. The first kappa shape index (κ1) is 15.8. The van der Waals surface area contributed by atoms with Crippen LogP contribution in [0.15, 0.2) is 0 Å². The van der Waals surface area contributed by atoms with Gasteiger partial charge in [-0.3, -0.25) is 4.68 Å². The van der Waals surface area contributed by atoms with Crippen molar-refractivity contribution >= 4 is 11.6 Å². The summed E-state index contributed by atoms with van der Waals surface area (Å²) in [7, 11) is 1.91. The first-order valence-electron chi connectivity index (χ1n) is 7.89. The van der Waals surface area contributed by atoms with E-state index in [4.69, 9.17) is 17.3 Å². The minimum Gasteiger partial charge on any atom is -0.330 e. The molecule has 1 aromatic heterocycles. The zero-order valence-electron chi connectivity index (χ0n) is 13.1. The van der Waals surface area contributed by atoms with Crippen LogP contribution in [0.4, 0.5) is 0 Å². The van der Waals surface area contributed by atoms with Gasteiger partial charge in [0.2, 0.25) is 0 Å². The Morgan fingerprint density at radius 2 is 2.05 bits per heavy atom. The Balaban J connectivity index is 2.09. The van der Waals surface area contributed by atoms with Crippen molar-refractivity contribution in [2.45, 2.75) is 58.8 Å². The molecule has 0 atom stereocenters. The normalized spacial score (nSPS) is 26.9. The van der Waals surface area contributed by atoms with Crippen LogP contribution in [-0.2, 0) is 13.5 Å². The molecule has 0 saturated heterocycles. The van der Waals surface area contributed by atoms with E-state index in [0.717, 1.165) is 29.7 Å². The molecule has 0 aliphatic heterocycles. The van der Waals surface area contributed by atoms with E-state index in [9.17, 15) is 0 Å². The van der Waals surface area contributed by atoms with E-state index in [-0.39, 0.29) is 5.41 Å². The maximum atomic E-state index is 6.39. The lowest BCUT2D eigenvalue weighted by atomic mass is 9.67. The van der Waals surface area contributed by atoms with E-state index in [1.165, 1.54) is 44.1 Å². The summed E-state index contributed by atoms with van der Waals surface area (Å²) in [6, 6.07) is 0. The van der Waals surface area contributed by atoms with E-state index >= 15 is 0 Å². The molecular weight excluding hydrogens is 270 g/mol. The zero-order chi connectivity index (χ0) is 14.8. The van der Waals surface area contributed by atoms with Crippen LogP contribution in [0, 0.1) is 18.3 Å². The number of nitrogens with zero attached hydrogens (tertiary/aromatic N) is 2. The first-order valence-corrected chi connectivity index (χ1v) is 8.27. The highest BCUT2D eigenvalue weighted by atomic mass is 35.5. The molecule has 2 rings (SSSR count). The molecule has 0 bridgehead atoms. The summed E-state index contributed by atoms with van der Waals surface area (Å²) in [4.78, 5) is 0. The zero-order valence-corrected chi connectivity index (χ0v) is 13.8. The molecule has 0 spiro atoms. The van der Waals surface area contributed by atoms with Crippen LogP contribution in [0.5, 0.6) is 0 Å². The fraction of sp³-hybridized carbons (Fsp3) is 0.812. The van der Waals surface area contributed by atoms with Gasteiger partial charge in [-0.1, -0.05) is 31.4 Å². The van der Waals surface area contributed by atoms with E-state index in [1.54, 1.807) is 4.68 Å². The molecule has 1 aliphatic rings.